The molecule has 0 spiro atoms. The average molecular weight is 396 g/mol. The predicted molar refractivity (Wildman–Crippen MR) is 93.6 cm³/mol. The molecule has 0 unspecified atom stereocenters. The summed E-state index contributed by atoms with van der Waals surface area (Å²) in [7, 11) is 0. The highest BCUT2D eigenvalue weighted by Crippen LogP contribution is 2.28. The monoisotopic (exact) mass is 396 g/mol. The fourth-order valence-corrected chi connectivity index (χ4v) is 2.76. The highest BCUT2D eigenvalue weighted by atomic mass is 16.7. The molecular formula is C19H24O9. The van der Waals surface area contributed by atoms with Gasteiger partial charge >= 0.3 is 17.9 Å². The molecule has 0 amide bonds. The summed E-state index contributed by atoms with van der Waals surface area (Å²) in [6, 6.07) is 9.18. The number of hydrogen-bond acceptors (Lipinski definition) is 9. The lowest BCUT2D eigenvalue weighted by molar-refractivity contribution is -0.309. The maximum Gasteiger partial charge on any atom is 0.303 e. The minimum atomic E-state index is -1.40. The van der Waals surface area contributed by atoms with Crippen LogP contribution in [-0.2, 0) is 44.7 Å². The van der Waals surface area contributed by atoms with Crippen molar-refractivity contribution in [1.29, 1.82) is 0 Å². The van der Waals surface area contributed by atoms with Gasteiger partial charge in [0.1, 0.15) is 18.8 Å². The number of ether oxygens (including phenoxy) is 5. The number of carbonyl (C=O) groups is 3. The molecule has 1 N–H and O–H groups in total. The molecule has 1 aromatic rings. The van der Waals surface area contributed by atoms with Gasteiger partial charge in [-0.25, -0.2) is 0 Å². The summed E-state index contributed by atoms with van der Waals surface area (Å²) in [6.45, 7) is 3.38. The van der Waals surface area contributed by atoms with Gasteiger partial charge in [0, 0.05) is 20.8 Å². The van der Waals surface area contributed by atoms with Crippen LogP contribution in [0, 0.1) is 0 Å². The minimum absolute atomic E-state index is 0.118. The van der Waals surface area contributed by atoms with Gasteiger partial charge in [-0.05, 0) is 5.56 Å². The molecule has 154 valence electrons. The second-order valence-corrected chi connectivity index (χ2v) is 6.28. The number of rotatable bonds is 7. The van der Waals surface area contributed by atoms with Gasteiger partial charge in [0.2, 0.25) is 0 Å². The van der Waals surface area contributed by atoms with Gasteiger partial charge in [0.25, 0.3) is 0 Å². The summed E-state index contributed by atoms with van der Waals surface area (Å²) in [5.74, 6) is -1.91. The standard InChI is InChI=1S/C19H24O9/c1-11(20)24-10-15-16(23)17(26-12(2)21)18(27-13(3)22)19(28-15)25-9-14-7-5-4-6-8-14/h4-8,15-19,23H,9-10H2,1-3H3/t15-,16-,17+,18+,19+/m1/s1. The molecule has 1 fully saturated rings. The molecule has 9 nitrogen and oxygen atoms in total. The fourth-order valence-electron chi connectivity index (χ4n) is 2.76. The SMILES string of the molecule is CC(=O)OC[C@H]1O[C@H](OCc2ccccc2)[C@@H](OC(C)=O)[C@@H](OC(C)=O)[C@@H]1O. The van der Waals surface area contributed by atoms with Crippen molar-refractivity contribution in [2.75, 3.05) is 6.61 Å². The molecule has 1 aliphatic rings. The molecule has 1 aromatic carbocycles. The van der Waals surface area contributed by atoms with Crippen LogP contribution in [0.15, 0.2) is 30.3 Å². The lowest BCUT2D eigenvalue weighted by Crippen LogP contribution is -2.61. The van der Waals surface area contributed by atoms with Gasteiger partial charge in [0.15, 0.2) is 18.5 Å². The predicted octanol–water partition coefficient (Wildman–Crippen LogP) is 0.715. The van der Waals surface area contributed by atoms with Crippen molar-refractivity contribution in [3.05, 3.63) is 35.9 Å². The van der Waals surface area contributed by atoms with E-state index in [0.717, 1.165) is 12.5 Å². The summed E-state index contributed by atoms with van der Waals surface area (Å²) in [5.41, 5.74) is 0.833. The van der Waals surface area contributed by atoms with Crippen LogP contribution in [0.5, 0.6) is 0 Å². The maximum absolute atomic E-state index is 11.5. The first-order chi connectivity index (χ1) is 13.3. The van der Waals surface area contributed by atoms with E-state index in [1.165, 1.54) is 13.8 Å². The maximum atomic E-state index is 11.5. The molecule has 2 rings (SSSR count). The molecule has 0 aromatic heterocycles. The first-order valence-electron chi connectivity index (χ1n) is 8.74. The van der Waals surface area contributed by atoms with Crippen LogP contribution < -0.4 is 0 Å². The van der Waals surface area contributed by atoms with Crippen LogP contribution >= 0.6 is 0 Å². The second kappa shape index (κ2) is 10.2. The van der Waals surface area contributed by atoms with Crippen molar-refractivity contribution in [3.8, 4) is 0 Å². The van der Waals surface area contributed by atoms with E-state index < -0.39 is 48.6 Å². The number of benzene rings is 1. The first-order valence-corrected chi connectivity index (χ1v) is 8.74. The molecule has 0 aliphatic carbocycles. The Kier molecular flexibility index (Phi) is 7.91. The van der Waals surface area contributed by atoms with Crippen molar-refractivity contribution in [3.63, 3.8) is 0 Å². The molecular weight excluding hydrogens is 372 g/mol. The van der Waals surface area contributed by atoms with E-state index in [1.54, 1.807) is 0 Å². The second-order valence-electron chi connectivity index (χ2n) is 6.28. The molecule has 1 heterocycles. The number of hydrogen-bond donors (Lipinski definition) is 1. The van der Waals surface area contributed by atoms with Crippen molar-refractivity contribution in [1.82, 2.24) is 0 Å². The van der Waals surface area contributed by atoms with Gasteiger partial charge in [-0.2, -0.15) is 0 Å². The molecule has 1 aliphatic heterocycles. The smallest absolute Gasteiger partial charge is 0.303 e. The number of aliphatic hydroxyl groups is 1. The Hall–Kier alpha value is -2.49. The van der Waals surface area contributed by atoms with E-state index in [1.807, 2.05) is 30.3 Å². The van der Waals surface area contributed by atoms with Gasteiger partial charge in [-0.15, -0.1) is 0 Å². The Labute approximate surface area is 162 Å². The third kappa shape index (κ3) is 6.29. The van der Waals surface area contributed by atoms with Crippen LogP contribution in [0.1, 0.15) is 26.3 Å². The largest absolute Gasteiger partial charge is 0.463 e. The summed E-state index contributed by atoms with van der Waals surface area (Å²) < 4.78 is 26.7. The number of carbonyl (C=O) groups excluding carboxylic acids is 3. The first kappa shape index (κ1) is 21.8. The van der Waals surface area contributed by atoms with Crippen LogP contribution in [0.2, 0.25) is 0 Å². The fraction of sp³-hybridized carbons (Fsp3) is 0.526. The van der Waals surface area contributed by atoms with Crippen molar-refractivity contribution in [2.45, 2.75) is 58.1 Å². The number of aliphatic hydroxyl groups excluding tert-OH is 1. The Morgan fingerprint density at radius 3 is 2.14 bits per heavy atom. The molecule has 5 atom stereocenters. The van der Waals surface area contributed by atoms with Gasteiger partial charge < -0.3 is 28.8 Å². The molecule has 28 heavy (non-hydrogen) atoms. The quantitative estimate of drug-likeness (QED) is 0.525. The Balaban J connectivity index is 2.22. The Morgan fingerprint density at radius 1 is 0.964 bits per heavy atom. The zero-order chi connectivity index (χ0) is 20.7. The topological polar surface area (TPSA) is 118 Å². The van der Waals surface area contributed by atoms with E-state index in [-0.39, 0.29) is 13.2 Å². The van der Waals surface area contributed by atoms with E-state index in [0.29, 0.717) is 0 Å². The van der Waals surface area contributed by atoms with Crippen molar-refractivity contribution in [2.24, 2.45) is 0 Å². The highest BCUT2D eigenvalue weighted by Gasteiger charge is 2.50. The van der Waals surface area contributed by atoms with Crippen LogP contribution in [-0.4, -0.2) is 60.3 Å². The molecule has 0 saturated carbocycles. The Bertz CT molecular complexity index is 675. The normalized spacial score (nSPS) is 26.9. The van der Waals surface area contributed by atoms with Crippen LogP contribution in [0.4, 0.5) is 0 Å². The average Bonchev–Trinajstić information content (AvgIpc) is 2.63. The molecule has 1 saturated heterocycles. The summed E-state index contributed by atoms with van der Waals surface area (Å²) in [5, 5.41) is 10.5. The summed E-state index contributed by atoms with van der Waals surface area (Å²) in [6.07, 6.45) is -6.05. The van der Waals surface area contributed by atoms with Crippen LogP contribution in [0.3, 0.4) is 0 Å². The van der Waals surface area contributed by atoms with E-state index in [2.05, 4.69) is 0 Å². The van der Waals surface area contributed by atoms with Crippen molar-refractivity contribution < 1.29 is 43.2 Å². The van der Waals surface area contributed by atoms with E-state index in [9.17, 15) is 19.5 Å². The summed E-state index contributed by atoms with van der Waals surface area (Å²) >= 11 is 0. The zero-order valence-electron chi connectivity index (χ0n) is 15.9. The highest BCUT2D eigenvalue weighted by molar-refractivity contribution is 5.67. The van der Waals surface area contributed by atoms with Crippen LogP contribution in [0.25, 0.3) is 0 Å². The van der Waals surface area contributed by atoms with Gasteiger partial charge in [-0.1, -0.05) is 30.3 Å². The third-order valence-corrected chi connectivity index (χ3v) is 3.93. The molecule has 0 radical (unpaired) electrons. The number of esters is 3. The molecule has 9 heteroatoms. The van der Waals surface area contributed by atoms with E-state index in [4.69, 9.17) is 23.7 Å². The van der Waals surface area contributed by atoms with Gasteiger partial charge in [0.05, 0.1) is 6.61 Å². The lowest BCUT2D eigenvalue weighted by atomic mass is 9.98. The summed E-state index contributed by atoms with van der Waals surface area (Å²) in [4.78, 5) is 34.2. The zero-order valence-corrected chi connectivity index (χ0v) is 15.9. The Morgan fingerprint density at radius 2 is 1.57 bits per heavy atom. The molecule has 0 bridgehead atoms. The van der Waals surface area contributed by atoms with Crippen molar-refractivity contribution >= 4 is 17.9 Å². The van der Waals surface area contributed by atoms with E-state index >= 15 is 0 Å². The third-order valence-electron chi connectivity index (χ3n) is 3.93. The lowest BCUT2D eigenvalue weighted by Gasteiger charge is -2.42. The van der Waals surface area contributed by atoms with Gasteiger partial charge in [-0.3, -0.25) is 14.4 Å². The minimum Gasteiger partial charge on any atom is -0.463 e.